The van der Waals surface area contributed by atoms with Gasteiger partial charge >= 0.3 is 0 Å². The molecule has 3 heteroatoms. The summed E-state index contributed by atoms with van der Waals surface area (Å²) in [6.45, 7) is 8.04. The average Bonchev–Trinajstić information content (AvgIpc) is 2.42. The third-order valence-corrected chi connectivity index (χ3v) is 3.52. The molecule has 112 valence electrons. The summed E-state index contributed by atoms with van der Waals surface area (Å²) in [5.41, 5.74) is 3.67. The summed E-state index contributed by atoms with van der Waals surface area (Å²) in [6, 6.07) is 13.5. The average molecular weight is 285 g/mol. The number of hydrogen-bond acceptors (Lipinski definition) is 3. The lowest BCUT2D eigenvalue weighted by atomic mass is 9.87. The Morgan fingerprint density at radius 2 is 1.38 bits per heavy atom. The van der Waals surface area contributed by atoms with E-state index in [0.717, 1.165) is 12.1 Å². The van der Waals surface area contributed by atoms with Gasteiger partial charge in [-0.25, -0.2) is 0 Å². The van der Waals surface area contributed by atoms with Crippen molar-refractivity contribution in [3.8, 4) is 11.5 Å². The summed E-state index contributed by atoms with van der Waals surface area (Å²) in [5.74, 6) is -0.166. The summed E-state index contributed by atoms with van der Waals surface area (Å²) in [6.07, 6.45) is 0. The van der Waals surface area contributed by atoms with Gasteiger partial charge in [0.25, 0.3) is 0 Å². The zero-order chi connectivity index (χ0) is 15.5. The van der Waals surface area contributed by atoms with Crippen molar-refractivity contribution in [3.63, 3.8) is 0 Å². The van der Waals surface area contributed by atoms with E-state index < -0.39 is 0 Å². The largest absolute Gasteiger partial charge is 0.504 e. The van der Waals surface area contributed by atoms with Crippen LogP contribution in [0.4, 0.5) is 0 Å². The number of benzene rings is 2. The highest BCUT2D eigenvalue weighted by Gasteiger charge is 2.12. The fourth-order valence-electron chi connectivity index (χ4n) is 2.15. The van der Waals surface area contributed by atoms with Crippen molar-refractivity contribution in [1.82, 2.24) is 5.32 Å². The van der Waals surface area contributed by atoms with Gasteiger partial charge in [0.05, 0.1) is 0 Å². The maximum absolute atomic E-state index is 9.45. The molecule has 0 aliphatic rings. The second kappa shape index (κ2) is 6.19. The highest BCUT2D eigenvalue weighted by molar-refractivity contribution is 5.40. The minimum Gasteiger partial charge on any atom is -0.504 e. The third kappa shape index (κ3) is 4.23. The SMILES string of the molecule is CC(C)(C)c1ccc(CNCc2ccc(O)c(O)c2)cc1. The molecule has 2 aromatic carbocycles. The van der Waals surface area contributed by atoms with Crippen LogP contribution >= 0.6 is 0 Å². The number of phenols is 2. The fraction of sp³-hybridized carbons (Fsp3) is 0.333. The summed E-state index contributed by atoms with van der Waals surface area (Å²) in [4.78, 5) is 0. The number of nitrogens with one attached hydrogen (secondary N) is 1. The summed E-state index contributed by atoms with van der Waals surface area (Å²) < 4.78 is 0. The summed E-state index contributed by atoms with van der Waals surface area (Å²) >= 11 is 0. The number of rotatable bonds is 4. The van der Waals surface area contributed by atoms with E-state index in [0.29, 0.717) is 6.54 Å². The highest BCUT2D eigenvalue weighted by atomic mass is 16.3. The number of aromatic hydroxyl groups is 2. The van der Waals surface area contributed by atoms with Crippen molar-refractivity contribution in [2.45, 2.75) is 39.3 Å². The van der Waals surface area contributed by atoms with E-state index >= 15 is 0 Å². The topological polar surface area (TPSA) is 52.5 Å². The molecule has 2 rings (SSSR count). The predicted octanol–water partition coefficient (Wildman–Crippen LogP) is 3.69. The van der Waals surface area contributed by atoms with Gasteiger partial charge in [-0.15, -0.1) is 0 Å². The van der Waals surface area contributed by atoms with Gasteiger partial charge in [0, 0.05) is 13.1 Å². The van der Waals surface area contributed by atoms with Crippen molar-refractivity contribution in [3.05, 3.63) is 59.2 Å². The lowest BCUT2D eigenvalue weighted by Gasteiger charge is -2.19. The van der Waals surface area contributed by atoms with Gasteiger partial charge in [0.1, 0.15) is 0 Å². The Bertz CT molecular complexity index is 598. The van der Waals surface area contributed by atoms with Crippen molar-refractivity contribution in [1.29, 1.82) is 0 Å². The van der Waals surface area contributed by atoms with Gasteiger partial charge in [0.2, 0.25) is 0 Å². The molecule has 0 spiro atoms. The summed E-state index contributed by atoms with van der Waals surface area (Å²) in [5, 5.41) is 22.0. The minimum atomic E-state index is -0.0866. The normalized spacial score (nSPS) is 11.6. The first kappa shape index (κ1) is 15.4. The lowest BCUT2D eigenvalue weighted by Crippen LogP contribution is -2.14. The standard InChI is InChI=1S/C18H23NO2/c1-18(2,3)15-7-4-13(5-8-15)11-19-12-14-6-9-16(20)17(21)10-14/h4-10,19-21H,11-12H2,1-3H3. The second-order valence-corrected chi connectivity index (χ2v) is 6.37. The van der Waals surface area contributed by atoms with Gasteiger partial charge in [0.15, 0.2) is 11.5 Å². The Balaban J connectivity index is 1.90. The van der Waals surface area contributed by atoms with Crippen LogP contribution in [-0.2, 0) is 18.5 Å². The van der Waals surface area contributed by atoms with Crippen molar-refractivity contribution in [2.75, 3.05) is 0 Å². The van der Waals surface area contributed by atoms with Crippen molar-refractivity contribution >= 4 is 0 Å². The van der Waals surface area contributed by atoms with Crippen molar-refractivity contribution in [2.24, 2.45) is 0 Å². The first-order valence-corrected chi connectivity index (χ1v) is 7.17. The molecule has 21 heavy (non-hydrogen) atoms. The lowest BCUT2D eigenvalue weighted by molar-refractivity contribution is 0.403. The van der Waals surface area contributed by atoms with E-state index in [4.69, 9.17) is 0 Å². The molecule has 0 amide bonds. The maximum Gasteiger partial charge on any atom is 0.157 e. The second-order valence-electron chi connectivity index (χ2n) is 6.37. The molecule has 0 fully saturated rings. The van der Waals surface area contributed by atoms with Crippen LogP contribution in [0.15, 0.2) is 42.5 Å². The zero-order valence-corrected chi connectivity index (χ0v) is 12.9. The van der Waals surface area contributed by atoms with Gasteiger partial charge < -0.3 is 15.5 Å². The Labute approximate surface area is 126 Å². The van der Waals surface area contributed by atoms with Crippen LogP contribution in [0.5, 0.6) is 11.5 Å². The smallest absolute Gasteiger partial charge is 0.157 e. The van der Waals surface area contributed by atoms with E-state index in [9.17, 15) is 10.2 Å². The van der Waals surface area contributed by atoms with Crippen LogP contribution < -0.4 is 5.32 Å². The monoisotopic (exact) mass is 285 g/mol. The van der Waals surface area contributed by atoms with Crippen LogP contribution in [0.25, 0.3) is 0 Å². The Hall–Kier alpha value is -2.00. The molecule has 0 aliphatic heterocycles. The molecule has 0 aromatic heterocycles. The molecule has 0 atom stereocenters. The fourth-order valence-corrected chi connectivity index (χ4v) is 2.15. The highest BCUT2D eigenvalue weighted by Crippen LogP contribution is 2.25. The van der Waals surface area contributed by atoms with Crippen LogP contribution in [0.3, 0.4) is 0 Å². The van der Waals surface area contributed by atoms with Gasteiger partial charge in [-0.05, 0) is 34.2 Å². The summed E-state index contributed by atoms with van der Waals surface area (Å²) in [7, 11) is 0. The Kier molecular flexibility index (Phi) is 4.53. The third-order valence-electron chi connectivity index (χ3n) is 3.52. The van der Waals surface area contributed by atoms with Gasteiger partial charge in [-0.3, -0.25) is 0 Å². The Morgan fingerprint density at radius 3 is 1.95 bits per heavy atom. The first-order valence-electron chi connectivity index (χ1n) is 7.17. The predicted molar refractivity (Wildman–Crippen MR) is 85.5 cm³/mol. The molecule has 0 unspecified atom stereocenters. The van der Waals surface area contributed by atoms with Crippen LogP contribution in [0.1, 0.15) is 37.5 Å². The molecule has 0 heterocycles. The van der Waals surface area contributed by atoms with Crippen LogP contribution in [0, 0.1) is 0 Å². The molecule has 0 aliphatic carbocycles. The maximum atomic E-state index is 9.45. The van der Waals surface area contributed by atoms with Crippen LogP contribution in [0.2, 0.25) is 0 Å². The molecule has 0 radical (unpaired) electrons. The molecular weight excluding hydrogens is 262 g/mol. The Morgan fingerprint density at radius 1 is 0.810 bits per heavy atom. The van der Waals surface area contributed by atoms with E-state index in [2.05, 4.69) is 50.4 Å². The molecule has 0 saturated carbocycles. The zero-order valence-electron chi connectivity index (χ0n) is 12.9. The first-order chi connectivity index (χ1) is 9.86. The molecule has 2 aromatic rings. The quantitative estimate of drug-likeness (QED) is 0.751. The van der Waals surface area contributed by atoms with E-state index in [1.54, 1.807) is 12.1 Å². The van der Waals surface area contributed by atoms with Crippen molar-refractivity contribution < 1.29 is 10.2 Å². The number of hydrogen-bond donors (Lipinski definition) is 3. The molecule has 0 bridgehead atoms. The minimum absolute atomic E-state index is 0.0798. The van der Waals surface area contributed by atoms with Gasteiger partial charge in [-0.2, -0.15) is 0 Å². The van der Waals surface area contributed by atoms with E-state index in [-0.39, 0.29) is 16.9 Å². The molecule has 3 nitrogen and oxygen atoms in total. The van der Waals surface area contributed by atoms with Gasteiger partial charge in [-0.1, -0.05) is 51.1 Å². The number of phenolic OH excluding ortho intramolecular Hbond substituents is 2. The van der Waals surface area contributed by atoms with E-state index in [1.807, 2.05) is 0 Å². The molecular formula is C18H23NO2. The molecule has 3 N–H and O–H groups in total. The van der Waals surface area contributed by atoms with Crippen LogP contribution in [-0.4, -0.2) is 10.2 Å². The molecule has 0 saturated heterocycles. The van der Waals surface area contributed by atoms with E-state index in [1.165, 1.54) is 17.2 Å².